The highest BCUT2D eigenvalue weighted by molar-refractivity contribution is 5.96. The van der Waals surface area contributed by atoms with Gasteiger partial charge >= 0.3 is 12.0 Å². The molecule has 3 amide bonds. The number of amides is 3. The van der Waals surface area contributed by atoms with Gasteiger partial charge in [-0.2, -0.15) is 0 Å². The van der Waals surface area contributed by atoms with E-state index in [9.17, 15) is 14.4 Å². The lowest BCUT2D eigenvalue weighted by Crippen LogP contribution is -2.52. The molecule has 102 valence electrons. The average molecular weight is 257 g/mol. The number of rotatable bonds is 3. The Kier molecular flexibility index (Phi) is 5.08. The van der Waals surface area contributed by atoms with Crippen molar-refractivity contribution in [2.75, 3.05) is 20.1 Å². The lowest BCUT2D eigenvalue weighted by Gasteiger charge is -2.34. The predicted molar refractivity (Wildman–Crippen MR) is 64.0 cm³/mol. The fourth-order valence-corrected chi connectivity index (χ4v) is 2.00. The summed E-state index contributed by atoms with van der Waals surface area (Å²) in [6.45, 7) is 2.69. The summed E-state index contributed by atoms with van der Waals surface area (Å²) in [4.78, 5) is 35.5. The molecular formula is C11H19N3O4. The summed E-state index contributed by atoms with van der Waals surface area (Å²) < 4.78 is 0. The van der Waals surface area contributed by atoms with Gasteiger partial charge in [0.25, 0.3) is 0 Å². The smallest absolute Gasteiger partial charge is 0.321 e. The molecule has 1 aliphatic rings. The second kappa shape index (κ2) is 6.34. The van der Waals surface area contributed by atoms with Gasteiger partial charge in [-0.3, -0.25) is 19.8 Å². The number of piperidine rings is 1. The van der Waals surface area contributed by atoms with E-state index < -0.39 is 29.9 Å². The maximum atomic E-state index is 11.7. The highest BCUT2D eigenvalue weighted by Crippen LogP contribution is 2.18. The Bertz CT molecular complexity index is 345. The van der Waals surface area contributed by atoms with Gasteiger partial charge < -0.3 is 10.4 Å². The third kappa shape index (κ3) is 3.69. The normalized spacial score (nSPS) is 22.0. The first kappa shape index (κ1) is 14.4. The van der Waals surface area contributed by atoms with Crippen LogP contribution in [-0.2, 0) is 9.59 Å². The van der Waals surface area contributed by atoms with Crippen LogP contribution in [0.2, 0.25) is 0 Å². The Labute approximate surface area is 106 Å². The van der Waals surface area contributed by atoms with E-state index in [1.54, 1.807) is 11.8 Å². The van der Waals surface area contributed by atoms with Gasteiger partial charge in [0.2, 0.25) is 5.91 Å². The molecule has 0 aromatic carbocycles. The number of carboxylic acid groups (broad SMARTS) is 1. The van der Waals surface area contributed by atoms with Crippen LogP contribution in [0.25, 0.3) is 0 Å². The van der Waals surface area contributed by atoms with Crippen molar-refractivity contribution in [1.82, 2.24) is 15.5 Å². The number of aliphatic carboxylic acids is 1. The van der Waals surface area contributed by atoms with Crippen LogP contribution in [0.3, 0.4) is 0 Å². The first-order valence-electron chi connectivity index (χ1n) is 5.95. The van der Waals surface area contributed by atoms with Crippen LogP contribution in [-0.4, -0.2) is 54.1 Å². The summed E-state index contributed by atoms with van der Waals surface area (Å²) in [5, 5.41) is 13.5. The van der Waals surface area contributed by atoms with Gasteiger partial charge in [-0.15, -0.1) is 0 Å². The SMILES string of the molecule is CNC(=O)NC(=O)C(C)N1CCCC(C(=O)O)C1. The highest BCUT2D eigenvalue weighted by atomic mass is 16.4. The third-order valence-electron chi connectivity index (χ3n) is 3.19. The number of carboxylic acids is 1. The van der Waals surface area contributed by atoms with Crippen molar-refractivity contribution in [3.8, 4) is 0 Å². The molecule has 0 bridgehead atoms. The molecule has 1 heterocycles. The van der Waals surface area contributed by atoms with E-state index in [4.69, 9.17) is 5.11 Å². The molecule has 18 heavy (non-hydrogen) atoms. The molecule has 0 spiro atoms. The summed E-state index contributed by atoms with van der Waals surface area (Å²) in [6.07, 6.45) is 1.38. The predicted octanol–water partition coefficient (Wildman–Crippen LogP) is -0.373. The number of likely N-dealkylation sites (tertiary alicyclic amines) is 1. The van der Waals surface area contributed by atoms with Crippen LogP contribution < -0.4 is 10.6 Å². The van der Waals surface area contributed by atoms with Gasteiger partial charge in [0.1, 0.15) is 0 Å². The quantitative estimate of drug-likeness (QED) is 0.640. The minimum Gasteiger partial charge on any atom is -0.481 e. The number of carbonyl (C=O) groups excluding carboxylic acids is 2. The lowest BCUT2D eigenvalue weighted by atomic mass is 9.97. The summed E-state index contributed by atoms with van der Waals surface area (Å²) in [7, 11) is 1.43. The molecule has 0 saturated carbocycles. The van der Waals surface area contributed by atoms with Crippen molar-refractivity contribution in [2.45, 2.75) is 25.8 Å². The molecule has 2 atom stereocenters. The van der Waals surface area contributed by atoms with Crippen LogP contribution >= 0.6 is 0 Å². The number of urea groups is 1. The van der Waals surface area contributed by atoms with Crippen LogP contribution in [0.1, 0.15) is 19.8 Å². The molecule has 1 saturated heterocycles. The van der Waals surface area contributed by atoms with E-state index >= 15 is 0 Å². The third-order valence-corrected chi connectivity index (χ3v) is 3.19. The van der Waals surface area contributed by atoms with Crippen LogP contribution in [0.15, 0.2) is 0 Å². The first-order chi connectivity index (χ1) is 8.45. The van der Waals surface area contributed by atoms with Gasteiger partial charge in [-0.25, -0.2) is 4.79 Å². The molecule has 3 N–H and O–H groups in total. The van der Waals surface area contributed by atoms with Crippen molar-refractivity contribution in [2.24, 2.45) is 5.92 Å². The van der Waals surface area contributed by atoms with Gasteiger partial charge in [-0.1, -0.05) is 0 Å². The zero-order valence-corrected chi connectivity index (χ0v) is 10.6. The number of carbonyl (C=O) groups is 3. The molecule has 1 fully saturated rings. The zero-order valence-electron chi connectivity index (χ0n) is 10.6. The minimum atomic E-state index is -0.835. The fraction of sp³-hybridized carbons (Fsp3) is 0.727. The summed E-state index contributed by atoms with van der Waals surface area (Å²) in [6, 6.07) is -1.07. The van der Waals surface area contributed by atoms with E-state index in [-0.39, 0.29) is 0 Å². The Morgan fingerprint density at radius 3 is 2.61 bits per heavy atom. The minimum absolute atomic E-state index is 0.345. The van der Waals surface area contributed by atoms with Crippen molar-refractivity contribution in [3.63, 3.8) is 0 Å². The van der Waals surface area contributed by atoms with E-state index in [0.717, 1.165) is 6.42 Å². The molecule has 1 rings (SSSR count). The van der Waals surface area contributed by atoms with Crippen LogP contribution in [0.5, 0.6) is 0 Å². The Morgan fingerprint density at radius 1 is 1.39 bits per heavy atom. The van der Waals surface area contributed by atoms with Crippen LogP contribution in [0, 0.1) is 5.92 Å². The lowest BCUT2D eigenvalue weighted by molar-refractivity contribution is -0.144. The number of hydrogen-bond donors (Lipinski definition) is 3. The molecule has 2 unspecified atom stereocenters. The van der Waals surface area contributed by atoms with E-state index in [2.05, 4.69) is 10.6 Å². The van der Waals surface area contributed by atoms with Crippen molar-refractivity contribution < 1.29 is 19.5 Å². The summed E-state index contributed by atoms with van der Waals surface area (Å²) in [5.74, 6) is -1.69. The molecule has 1 aliphatic heterocycles. The number of nitrogens with one attached hydrogen (secondary N) is 2. The van der Waals surface area contributed by atoms with Crippen LogP contribution in [0.4, 0.5) is 4.79 Å². The van der Waals surface area contributed by atoms with Gasteiger partial charge in [0.05, 0.1) is 12.0 Å². The average Bonchev–Trinajstić information content (AvgIpc) is 2.37. The molecule has 7 nitrogen and oxygen atoms in total. The Hall–Kier alpha value is -1.63. The number of imide groups is 1. The largest absolute Gasteiger partial charge is 0.481 e. The molecular weight excluding hydrogens is 238 g/mol. The van der Waals surface area contributed by atoms with Gasteiger partial charge in [0.15, 0.2) is 0 Å². The van der Waals surface area contributed by atoms with Gasteiger partial charge in [0, 0.05) is 13.6 Å². The number of hydrogen-bond acceptors (Lipinski definition) is 4. The molecule has 0 radical (unpaired) electrons. The second-order valence-corrected chi connectivity index (χ2v) is 4.42. The second-order valence-electron chi connectivity index (χ2n) is 4.42. The molecule has 0 aromatic heterocycles. The molecule has 0 aromatic rings. The zero-order chi connectivity index (χ0) is 13.7. The maximum absolute atomic E-state index is 11.7. The standard InChI is InChI=1S/C11H19N3O4/c1-7(9(15)13-11(18)12-2)14-5-3-4-8(6-14)10(16)17/h7-8H,3-6H2,1-2H3,(H,16,17)(H2,12,13,15,18). The topological polar surface area (TPSA) is 98.7 Å². The summed E-state index contributed by atoms with van der Waals surface area (Å²) >= 11 is 0. The first-order valence-corrected chi connectivity index (χ1v) is 5.95. The highest BCUT2D eigenvalue weighted by Gasteiger charge is 2.30. The van der Waals surface area contributed by atoms with E-state index in [1.807, 2.05) is 0 Å². The van der Waals surface area contributed by atoms with Gasteiger partial charge in [-0.05, 0) is 26.3 Å². The van der Waals surface area contributed by atoms with Crippen molar-refractivity contribution in [1.29, 1.82) is 0 Å². The van der Waals surface area contributed by atoms with E-state index in [1.165, 1.54) is 7.05 Å². The fourth-order valence-electron chi connectivity index (χ4n) is 2.00. The molecule has 7 heteroatoms. The Balaban J connectivity index is 2.55. The monoisotopic (exact) mass is 257 g/mol. The summed E-state index contributed by atoms with van der Waals surface area (Å²) in [5.41, 5.74) is 0. The Morgan fingerprint density at radius 2 is 2.06 bits per heavy atom. The van der Waals surface area contributed by atoms with E-state index in [0.29, 0.717) is 19.5 Å². The maximum Gasteiger partial charge on any atom is 0.321 e. The molecule has 0 aliphatic carbocycles. The number of nitrogens with zero attached hydrogens (tertiary/aromatic N) is 1. The van der Waals surface area contributed by atoms with Crippen molar-refractivity contribution in [3.05, 3.63) is 0 Å². The van der Waals surface area contributed by atoms with Crippen molar-refractivity contribution >= 4 is 17.9 Å².